The lowest BCUT2D eigenvalue weighted by atomic mass is 9.95. The number of rotatable bonds is 10. The molecule has 3 atom stereocenters. The maximum Gasteiger partial charge on any atom is 0.191 e. The van der Waals surface area contributed by atoms with Gasteiger partial charge in [0, 0.05) is 40.9 Å². The number of guanidine groups is 1. The SMILES string of the molecule is CCNC(=NCCCCOc1ccc(F)cc1)NC1CCCC(S(=O)CC)C1. The van der Waals surface area contributed by atoms with E-state index in [1.807, 2.05) is 6.92 Å². The minimum Gasteiger partial charge on any atom is -0.494 e. The van der Waals surface area contributed by atoms with E-state index in [1.165, 1.54) is 12.1 Å². The molecular weight excluding hydrogens is 377 g/mol. The Balaban J connectivity index is 1.70. The molecule has 1 aromatic rings. The Morgan fingerprint density at radius 1 is 1.25 bits per heavy atom. The van der Waals surface area contributed by atoms with Crippen molar-refractivity contribution < 1.29 is 13.3 Å². The number of benzene rings is 1. The quantitative estimate of drug-likeness (QED) is 0.351. The molecule has 0 amide bonds. The summed E-state index contributed by atoms with van der Waals surface area (Å²) in [5.74, 6) is 2.02. The van der Waals surface area contributed by atoms with Gasteiger partial charge in [0.25, 0.3) is 0 Å². The van der Waals surface area contributed by atoms with E-state index in [2.05, 4.69) is 22.5 Å². The van der Waals surface area contributed by atoms with E-state index < -0.39 is 10.8 Å². The fourth-order valence-electron chi connectivity index (χ4n) is 3.39. The van der Waals surface area contributed by atoms with Crippen molar-refractivity contribution in [2.24, 2.45) is 4.99 Å². The number of aliphatic imine (C=N–C) groups is 1. The first-order valence-corrected chi connectivity index (χ1v) is 11.8. The standard InChI is InChI=1S/C21H34FN3O2S/c1-3-23-21(25-18-8-7-9-20(16-18)28(26)4-2)24-14-5-6-15-27-19-12-10-17(22)11-13-19/h10-13,18,20H,3-9,14-16H2,1-2H3,(H2,23,24,25). The van der Waals surface area contributed by atoms with Crippen LogP contribution in [-0.4, -0.2) is 46.9 Å². The van der Waals surface area contributed by atoms with E-state index in [0.717, 1.165) is 63.3 Å². The van der Waals surface area contributed by atoms with Crippen molar-refractivity contribution in [1.29, 1.82) is 0 Å². The minimum atomic E-state index is -0.714. The highest BCUT2D eigenvalue weighted by atomic mass is 32.2. The molecule has 0 radical (unpaired) electrons. The molecule has 1 aliphatic rings. The highest BCUT2D eigenvalue weighted by Crippen LogP contribution is 2.23. The van der Waals surface area contributed by atoms with E-state index in [1.54, 1.807) is 12.1 Å². The van der Waals surface area contributed by atoms with Crippen molar-refractivity contribution in [3.8, 4) is 5.75 Å². The lowest BCUT2D eigenvalue weighted by Gasteiger charge is -2.30. The Morgan fingerprint density at radius 3 is 2.75 bits per heavy atom. The molecule has 28 heavy (non-hydrogen) atoms. The van der Waals surface area contributed by atoms with Gasteiger partial charge in [0.15, 0.2) is 5.96 Å². The van der Waals surface area contributed by atoms with Gasteiger partial charge >= 0.3 is 0 Å². The Labute approximate surface area is 171 Å². The largest absolute Gasteiger partial charge is 0.494 e. The van der Waals surface area contributed by atoms with Crippen molar-refractivity contribution >= 4 is 16.8 Å². The smallest absolute Gasteiger partial charge is 0.191 e. The van der Waals surface area contributed by atoms with Crippen LogP contribution in [0.4, 0.5) is 4.39 Å². The van der Waals surface area contributed by atoms with E-state index >= 15 is 0 Å². The zero-order valence-corrected chi connectivity index (χ0v) is 17.9. The van der Waals surface area contributed by atoms with Crippen LogP contribution in [0.15, 0.2) is 29.3 Å². The molecule has 1 aliphatic carbocycles. The molecule has 1 saturated carbocycles. The molecule has 0 bridgehead atoms. The summed E-state index contributed by atoms with van der Waals surface area (Å²) in [6, 6.07) is 6.43. The Hall–Kier alpha value is -1.63. The monoisotopic (exact) mass is 411 g/mol. The van der Waals surface area contributed by atoms with Gasteiger partial charge in [0.2, 0.25) is 0 Å². The first-order chi connectivity index (χ1) is 13.6. The van der Waals surface area contributed by atoms with Crippen LogP contribution in [0.2, 0.25) is 0 Å². The number of ether oxygens (including phenoxy) is 1. The zero-order valence-electron chi connectivity index (χ0n) is 17.1. The number of nitrogens with zero attached hydrogens (tertiary/aromatic N) is 1. The Kier molecular flexibility index (Phi) is 10.3. The number of halogens is 1. The van der Waals surface area contributed by atoms with Gasteiger partial charge in [-0.1, -0.05) is 13.3 Å². The molecule has 0 aliphatic heterocycles. The molecule has 0 aromatic heterocycles. The van der Waals surface area contributed by atoms with Crippen LogP contribution >= 0.6 is 0 Å². The van der Waals surface area contributed by atoms with Crippen LogP contribution in [0.1, 0.15) is 52.4 Å². The number of unbranched alkanes of at least 4 members (excludes halogenated alkanes) is 1. The van der Waals surface area contributed by atoms with E-state index in [0.29, 0.717) is 23.6 Å². The highest BCUT2D eigenvalue weighted by Gasteiger charge is 2.25. The summed E-state index contributed by atoms with van der Waals surface area (Å²) in [5.41, 5.74) is 0. The minimum absolute atomic E-state index is 0.254. The van der Waals surface area contributed by atoms with Crippen molar-refractivity contribution in [3.05, 3.63) is 30.1 Å². The summed E-state index contributed by atoms with van der Waals surface area (Å²) in [6.07, 6.45) is 6.06. The predicted molar refractivity (Wildman–Crippen MR) is 115 cm³/mol. The van der Waals surface area contributed by atoms with Gasteiger partial charge in [-0.25, -0.2) is 4.39 Å². The lowest BCUT2D eigenvalue weighted by molar-refractivity contribution is 0.307. The van der Waals surface area contributed by atoms with Crippen LogP contribution in [0, 0.1) is 5.82 Å². The number of hydrogen-bond donors (Lipinski definition) is 2. The molecule has 1 aromatic carbocycles. The second-order valence-electron chi connectivity index (χ2n) is 7.07. The third kappa shape index (κ3) is 8.17. The average molecular weight is 412 g/mol. The van der Waals surface area contributed by atoms with Gasteiger partial charge in [-0.2, -0.15) is 0 Å². The highest BCUT2D eigenvalue weighted by molar-refractivity contribution is 7.85. The van der Waals surface area contributed by atoms with Gasteiger partial charge in [-0.15, -0.1) is 0 Å². The fraction of sp³-hybridized carbons (Fsp3) is 0.667. The zero-order chi connectivity index (χ0) is 20.2. The van der Waals surface area contributed by atoms with Crippen molar-refractivity contribution in [2.45, 2.75) is 63.7 Å². The second kappa shape index (κ2) is 12.8. The van der Waals surface area contributed by atoms with Crippen molar-refractivity contribution in [3.63, 3.8) is 0 Å². The Bertz CT molecular complexity index is 625. The molecule has 7 heteroatoms. The summed E-state index contributed by atoms with van der Waals surface area (Å²) < 4.78 is 30.6. The molecule has 158 valence electrons. The van der Waals surface area contributed by atoms with Gasteiger partial charge in [0.1, 0.15) is 11.6 Å². The second-order valence-corrected chi connectivity index (χ2v) is 9.07. The third-order valence-electron chi connectivity index (χ3n) is 4.87. The first-order valence-electron chi connectivity index (χ1n) is 10.4. The van der Waals surface area contributed by atoms with E-state index in [-0.39, 0.29) is 5.82 Å². The van der Waals surface area contributed by atoms with Crippen LogP contribution in [0.3, 0.4) is 0 Å². The van der Waals surface area contributed by atoms with Crippen LogP contribution in [0.25, 0.3) is 0 Å². The number of hydrogen-bond acceptors (Lipinski definition) is 3. The van der Waals surface area contributed by atoms with Gasteiger partial charge in [-0.3, -0.25) is 9.20 Å². The lowest BCUT2D eigenvalue weighted by Crippen LogP contribution is -2.46. The van der Waals surface area contributed by atoms with Crippen molar-refractivity contribution in [1.82, 2.24) is 10.6 Å². The maximum absolute atomic E-state index is 12.9. The summed E-state index contributed by atoms with van der Waals surface area (Å²) in [4.78, 5) is 4.67. The third-order valence-corrected chi connectivity index (χ3v) is 6.61. The van der Waals surface area contributed by atoms with E-state index in [4.69, 9.17) is 4.74 Å². The predicted octanol–water partition coefficient (Wildman–Crippen LogP) is 3.62. The molecule has 1 fully saturated rings. The fourth-order valence-corrected chi connectivity index (χ4v) is 4.74. The Morgan fingerprint density at radius 2 is 2.04 bits per heavy atom. The van der Waals surface area contributed by atoms with Crippen LogP contribution in [-0.2, 0) is 10.8 Å². The average Bonchev–Trinajstić information content (AvgIpc) is 2.71. The number of nitrogens with one attached hydrogen (secondary N) is 2. The normalized spacial score (nSPS) is 21.2. The molecule has 0 spiro atoms. The van der Waals surface area contributed by atoms with Crippen LogP contribution < -0.4 is 15.4 Å². The van der Waals surface area contributed by atoms with Gasteiger partial charge < -0.3 is 15.4 Å². The molecule has 2 N–H and O–H groups in total. The summed E-state index contributed by atoms with van der Waals surface area (Å²) in [7, 11) is -0.714. The molecule has 3 unspecified atom stereocenters. The van der Waals surface area contributed by atoms with Gasteiger partial charge in [-0.05, 0) is 63.3 Å². The molecule has 0 saturated heterocycles. The van der Waals surface area contributed by atoms with Gasteiger partial charge in [0.05, 0.1) is 6.61 Å². The summed E-state index contributed by atoms with van der Waals surface area (Å²) in [5, 5.41) is 7.14. The summed E-state index contributed by atoms with van der Waals surface area (Å²) in [6.45, 7) is 6.19. The van der Waals surface area contributed by atoms with Crippen molar-refractivity contribution in [2.75, 3.05) is 25.4 Å². The molecule has 5 nitrogen and oxygen atoms in total. The van der Waals surface area contributed by atoms with E-state index in [9.17, 15) is 8.60 Å². The maximum atomic E-state index is 12.9. The summed E-state index contributed by atoms with van der Waals surface area (Å²) >= 11 is 0. The van der Waals surface area contributed by atoms with Crippen LogP contribution in [0.5, 0.6) is 5.75 Å². The molecule has 0 heterocycles. The topological polar surface area (TPSA) is 62.7 Å². The molecular formula is C21H34FN3O2S. The first kappa shape index (κ1) is 22.7. The molecule has 2 rings (SSSR count).